The summed E-state index contributed by atoms with van der Waals surface area (Å²) < 4.78 is 0. The van der Waals surface area contributed by atoms with Gasteiger partial charge in [-0.15, -0.1) is 12.3 Å². The minimum absolute atomic E-state index is 0.144. The molecule has 1 atom stereocenters. The highest BCUT2D eigenvalue weighted by Crippen LogP contribution is 2.00. The molecule has 3 N–H and O–H groups in total. The molecular weight excluding hydrogens is 226 g/mol. The average molecular weight is 241 g/mol. The van der Waals surface area contributed by atoms with E-state index in [-0.39, 0.29) is 6.42 Å². The van der Waals surface area contributed by atoms with Crippen LogP contribution in [-0.4, -0.2) is 34.1 Å². The lowest BCUT2D eigenvalue weighted by molar-refractivity contribution is -0.147. The van der Waals surface area contributed by atoms with E-state index in [0.717, 1.165) is 0 Å². The molecule has 0 aromatic rings. The minimum Gasteiger partial charge on any atom is -0.481 e. The van der Waals surface area contributed by atoms with E-state index < -0.39 is 30.3 Å². The molecule has 6 nitrogen and oxygen atoms in total. The summed E-state index contributed by atoms with van der Waals surface area (Å²) in [7, 11) is 0. The molecular formula is C11H15NO5. The second-order valence-electron chi connectivity index (χ2n) is 3.47. The molecule has 0 radical (unpaired) electrons. The molecule has 0 aromatic heterocycles. The third-order valence-corrected chi connectivity index (χ3v) is 1.99. The smallest absolute Gasteiger partial charge is 0.326 e. The van der Waals surface area contributed by atoms with Gasteiger partial charge in [-0.1, -0.05) is 0 Å². The fourth-order valence-corrected chi connectivity index (χ4v) is 1.15. The van der Waals surface area contributed by atoms with Crippen molar-refractivity contribution in [3.63, 3.8) is 0 Å². The molecule has 0 bridgehead atoms. The molecule has 94 valence electrons. The van der Waals surface area contributed by atoms with Crippen LogP contribution in [0.1, 0.15) is 32.1 Å². The maximum absolute atomic E-state index is 11.3. The Morgan fingerprint density at radius 2 is 1.88 bits per heavy atom. The Labute approximate surface area is 99.0 Å². The molecule has 0 aromatic carbocycles. The maximum Gasteiger partial charge on any atom is 0.326 e. The van der Waals surface area contributed by atoms with E-state index in [4.69, 9.17) is 16.6 Å². The quantitative estimate of drug-likeness (QED) is 0.416. The Kier molecular flexibility index (Phi) is 7.19. The fraction of sp³-hybridized carbons (Fsp3) is 0.545. The van der Waals surface area contributed by atoms with Gasteiger partial charge in [0.2, 0.25) is 5.91 Å². The van der Waals surface area contributed by atoms with Gasteiger partial charge >= 0.3 is 11.9 Å². The predicted octanol–water partition coefficient (Wildman–Crippen LogP) is 0.224. The number of hydrogen-bond acceptors (Lipinski definition) is 3. The number of nitrogens with one attached hydrogen (secondary N) is 1. The van der Waals surface area contributed by atoms with Gasteiger partial charge < -0.3 is 15.5 Å². The van der Waals surface area contributed by atoms with Gasteiger partial charge in [0.15, 0.2) is 0 Å². The largest absolute Gasteiger partial charge is 0.481 e. The van der Waals surface area contributed by atoms with Crippen molar-refractivity contribution in [1.82, 2.24) is 5.32 Å². The summed E-state index contributed by atoms with van der Waals surface area (Å²) in [6, 6.07) is -1.38. The molecule has 0 heterocycles. The lowest BCUT2D eigenvalue weighted by Gasteiger charge is -2.11. The van der Waals surface area contributed by atoms with E-state index in [1.165, 1.54) is 0 Å². The molecule has 0 aliphatic rings. The van der Waals surface area contributed by atoms with Gasteiger partial charge in [0.25, 0.3) is 0 Å². The van der Waals surface area contributed by atoms with Gasteiger partial charge in [0.1, 0.15) is 6.04 Å². The molecule has 6 heteroatoms. The van der Waals surface area contributed by atoms with Gasteiger partial charge in [-0.2, -0.15) is 0 Å². The fourth-order valence-electron chi connectivity index (χ4n) is 1.15. The Bertz CT molecular complexity index is 331. The van der Waals surface area contributed by atoms with Crippen molar-refractivity contribution in [2.75, 3.05) is 0 Å². The highest BCUT2D eigenvalue weighted by molar-refractivity contribution is 5.86. The van der Waals surface area contributed by atoms with Crippen molar-refractivity contribution < 1.29 is 24.6 Å². The van der Waals surface area contributed by atoms with Gasteiger partial charge in [0, 0.05) is 12.8 Å². The third-order valence-electron chi connectivity index (χ3n) is 1.99. The number of carbonyl (C=O) groups excluding carboxylic acids is 1. The Balaban J connectivity index is 4.01. The number of carboxylic acids is 2. The zero-order valence-corrected chi connectivity index (χ0v) is 9.31. The van der Waals surface area contributed by atoms with Crippen molar-refractivity contribution in [1.29, 1.82) is 0 Å². The highest BCUT2D eigenvalue weighted by atomic mass is 16.4. The first-order valence-electron chi connectivity index (χ1n) is 5.14. The molecule has 0 saturated heterocycles. The van der Waals surface area contributed by atoms with Crippen molar-refractivity contribution in [2.45, 2.75) is 38.1 Å². The number of carbonyl (C=O) groups is 3. The topological polar surface area (TPSA) is 104 Å². The minimum atomic E-state index is -1.38. The van der Waals surface area contributed by atoms with Crippen molar-refractivity contribution in [3.8, 4) is 12.3 Å². The van der Waals surface area contributed by atoms with Gasteiger partial charge in [-0.3, -0.25) is 9.59 Å². The standard InChI is InChI=1S/C11H15NO5/c1-2-3-4-5-6-9(13)12-8(11(16)17)7-10(14)15/h1,8H,3-7H2,(H,12,13)(H,14,15)(H,16,17). The number of carboxylic acid groups (broad SMARTS) is 2. The zero-order chi connectivity index (χ0) is 13.3. The summed E-state index contributed by atoms with van der Waals surface area (Å²) in [5, 5.41) is 19.3. The number of hydrogen-bond donors (Lipinski definition) is 3. The predicted molar refractivity (Wildman–Crippen MR) is 59.1 cm³/mol. The second kappa shape index (κ2) is 8.16. The van der Waals surface area contributed by atoms with E-state index in [2.05, 4.69) is 11.2 Å². The van der Waals surface area contributed by atoms with E-state index in [9.17, 15) is 14.4 Å². The number of amides is 1. The van der Waals surface area contributed by atoms with E-state index in [0.29, 0.717) is 19.3 Å². The first-order chi connectivity index (χ1) is 7.97. The molecule has 1 unspecified atom stereocenters. The van der Waals surface area contributed by atoms with Crippen LogP contribution in [0.3, 0.4) is 0 Å². The van der Waals surface area contributed by atoms with Crippen LogP contribution in [0.15, 0.2) is 0 Å². The van der Waals surface area contributed by atoms with Crippen LogP contribution in [0.4, 0.5) is 0 Å². The lowest BCUT2D eigenvalue weighted by Crippen LogP contribution is -2.42. The van der Waals surface area contributed by atoms with Crippen LogP contribution in [0.25, 0.3) is 0 Å². The Morgan fingerprint density at radius 1 is 1.24 bits per heavy atom. The zero-order valence-electron chi connectivity index (χ0n) is 9.31. The maximum atomic E-state index is 11.3. The van der Waals surface area contributed by atoms with Gasteiger partial charge in [-0.05, 0) is 12.8 Å². The number of rotatable bonds is 8. The summed E-state index contributed by atoms with van der Waals surface area (Å²) in [6.45, 7) is 0. The van der Waals surface area contributed by atoms with E-state index in [1.807, 2.05) is 0 Å². The van der Waals surface area contributed by atoms with Crippen molar-refractivity contribution in [2.24, 2.45) is 0 Å². The van der Waals surface area contributed by atoms with E-state index in [1.54, 1.807) is 0 Å². The van der Waals surface area contributed by atoms with Crippen LogP contribution in [-0.2, 0) is 14.4 Å². The normalized spacial score (nSPS) is 11.2. The molecule has 0 saturated carbocycles. The van der Waals surface area contributed by atoms with Crippen molar-refractivity contribution in [3.05, 3.63) is 0 Å². The first-order valence-corrected chi connectivity index (χ1v) is 5.14. The van der Waals surface area contributed by atoms with Crippen molar-refractivity contribution >= 4 is 17.8 Å². The Hall–Kier alpha value is -2.03. The van der Waals surface area contributed by atoms with Crippen LogP contribution in [0, 0.1) is 12.3 Å². The molecule has 17 heavy (non-hydrogen) atoms. The van der Waals surface area contributed by atoms with Crippen LogP contribution in [0.5, 0.6) is 0 Å². The van der Waals surface area contributed by atoms with E-state index >= 15 is 0 Å². The molecule has 0 aliphatic carbocycles. The molecule has 0 fully saturated rings. The summed E-state index contributed by atoms with van der Waals surface area (Å²) in [5.74, 6) is -0.683. The number of terminal acetylenes is 1. The SMILES string of the molecule is C#CCCCCC(=O)NC(CC(=O)O)C(=O)O. The summed E-state index contributed by atoms with van der Waals surface area (Å²) >= 11 is 0. The summed E-state index contributed by atoms with van der Waals surface area (Å²) in [5.41, 5.74) is 0. The summed E-state index contributed by atoms with van der Waals surface area (Å²) in [4.78, 5) is 32.3. The molecule has 0 aliphatic heterocycles. The summed E-state index contributed by atoms with van der Waals surface area (Å²) in [6.07, 6.45) is 6.33. The molecule has 0 spiro atoms. The number of aliphatic carboxylic acids is 2. The molecule has 1 amide bonds. The van der Waals surface area contributed by atoms with Gasteiger partial charge in [0.05, 0.1) is 6.42 Å². The van der Waals surface area contributed by atoms with Gasteiger partial charge in [-0.25, -0.2) is 4.79 Å². The first kappa shape index (κ1) is 15.0. The second-order valence-corrected chi connectivity index (χ2v) is 3.47. The number of unbranched alkanes of at least 4 members (excludes halogenated alkanes) is 2. The van der Waals surface area contributed by atoms with Crippen LogP contribution < -0.4 is 5.32 Å². The third kappa shape index (κ3) is 7.85. The Morgan fingerprint density at radius 3 is 2.35 bits per heavy atom. The monoisotopic (exact) mass is 241 g/mol. The van der Waals surface area contributed by atoms with Crippen LogP contribution in [0.2, 0.25) is 0 Å². The van der Waals surface area contributed by atoms with Crippen LogP contribution >= 0.6 is 0 Å². The average Bonchev–Trinajstić information content (AvgIpc) is 2.22. The highest BCUT2D eigenvalue weighted by Gasteiger charge is 2.22. The molecule has 0 rings (SSSR count). The lowest BCUT2D eigenvalue weighted by atomic mass is 10.1.